The first-order valence-corrected chi connectivity index (χ1v) is 9.30. The van der Waals surface area contributed by atoms with Crippen LogP contribution in [0.1, 0.15) is 22.8 Å². The molecule has 0 fully saturated rings. The van der Waals surface area contributed by atoms with E-state index in [9.17, 15) is 13.2 Å². The van der Waals surface area contributed by atoms with E-state index >= 15 is 0 Å². The predicted octanol–water partition coefficient (Wildman–Crippen LogP) is 2.56. The minimum absolute atomic E-state index is 0.144. The smallest absolute Gasteiger partial charge is 0.255 e. The summed E-state index contributed by atoms with van der Waals surface area (Å²) in [6.07, 6.45) is 0. The second-order valence-corrected chi connectivity index (χ2v) is 7.49. The molecule has 0 unspecified atom stereocenters. The van der Waals surface area contributed by atoms with Crippen molar-refractivity contribution in [1.82, 2.24) is 4.72 Å². The number of amides is 1. The summed E-state index contributed by atoms with van der Waals surface area (Å²) in [5.41, 5.74) is 1.76. The lowest BCUT2D eigenvalue weighted by atomic mass is 10.1. The summed E-state index contributed by atoms with van der Waals surface area (Å²) in [6, 6.07) is 13.1. The van der Waals surface area contributed by atoms with Gasteiger partial charge in [0, 0.05) is 24.4 Å². The maximum atomic E-state index is 12.4. The van der Waals surface area contributed by atoms with E-state index in [1.807, 2.05) is 6.07 Å². The van der Waals surface area contributed by atoms with Gasteiger partial charge in [0.15, 0.2) is 0 Å². The molecule has 6 nitrogen and oxygen atoms in total. The Hall–Kier alpha value is -2.22. The summed E-state index contributed by atoms with van der Waals surface area (Å²) < 4.78 is 32.2. The summed E-state index contributed by atoms with van der Waals surface area (Å²) in [6.45, 7) is 3.75. The van der Waals surface area contributed by atoms with Crippen LogP contribution >= 0.6 is 0 Å². The molecule has 2 aromatic carbocycles. The highest BCUT2D eigenvalue weighted by Crippen LogP contribution is 2.20. The van der Waals surface area contributed by atoms with Gasteiger partial charge < -0.3 is 10.1 Å². The first-order valence-electron chi connectivity index (χ1n) is 7.82. The van der Waals surface area contributed by atoms with Crippen LogP contribution in [0, 0.1) is 6.92 Å². The fourth-order valence-electron chi connectivity index (χ4n) is 2.34. The maximum Gasteiger partial charge on any atom is 0.255 e. The van der Waals surface area contributed by atoms with Gasteiger partial charge in [-0.25, -0.2) is 13.1 Å². The number of benzene rings is 2. The molecule has 0 bridgehead atoms. The molecule has 2 N–H and O–H groups in total. The van der Waals surface area contributed by atoms with Crippen molar-refractivity contribution < 1.29 is 17.9 Å². The fourth-order valence-corrected chi connectivity index (χ4v) is 3.66. The molecular weight excluding hydrogens is 340 g/mol. The first kappa shape index (κ1) is 19.1. The second-order valence-electron chi connectivity index (χ2n) is 5.77. The predicted molar refractivity (Wildman–Crippen MR) is 97.2 cm³/mol. The van der Waals surface area contributed by atoms with Gasteiger partial charge in [-0.15, -0.1) is 0 Å². The highest BCUT2D eigenvalue weighted by molar-refractivity contribution is 7.89. The molecule has 0 saturated heterocycles. The zero-order chi connectivity index (χ0) is 18.4. The first-order chi connectivity index (χ1) is 11.8. The molecule has 0 saturated carbocycles. The number of aryl methyl sites for hydroxylation is 1. The van der Waals surface area contributed by atoms with Crippen molar-refractivity contribution in [2.24, 2.45) is 0 Å². The van der Waals surface area contributed by atoms with Gasteiger partial charge in [-0.1, -0.05) is 18.2 Å². The molecular formula is C18H22N2O4S. The van der Waals surface area contributed by atoms with Gasteiger partial charge in [-0.05, 0) is 49.7 Å². The molecule has 2 rings (SSSR count). The van der Waals surface area contributed by atoms with Crippen molar-refractivity contribution in [2.75, 3.05) is 19.0 Å². The number of nitrogens with one attached hydrogen (secondary N) is 2. The van der Waals surface area contributed by atoms with Gasteiger partial charge in [-0.3, -0.25) is 4.79 Å². The molecule has 2 aromatic rings. The number of sulfonamides is 1. The van der Waals surface area contributed by atoms with E-state index in [0.717, 1.165) is 0 Å². The van der Waals surface area contributed by atoms with Crippen molar-refractivity contribution in [2.45, 2.75) is 24.8 Å². The standard InChI is InChI=1S/C18H22N2O4S/c1-13-11-16(25(22,23)20-14(2)12-24-3)9-10-17(13)19-18(21)15-7-5-4-6-8-15/h4-11,14,20H,12H2,1-3H3,(H,19,21)/t14-/m1/s1. The van der Waals surface area contributed by atoms with Crippen LogP contribution < -0.4 is 10.0 Å². The molecule has 7 heteroatoms. The van der Waals surface area contributed by atoms with Crippen LogP contribution in [0.5, 0.6) is 0 Å². The van der Waals surface area contributed by atoms with Crippen LogP contribution in [0.4, 0.5) is 5.69 Å². The lowest BCUT2D eigenvalue weighted by molar-refractivity contribution is 0.102. The van der Waals surface area contributed by atoms with E-state index in [0.29, 0.717) is 16.8 Å². The summed E-state index contributed by atoms with van der Waals surface area (Å²) >= 11 is 0. The van der Waals surface area contributed by atoms with Crippen molar-refractivity contribution in [3.05, 3.63) is 59.7 Å². The topological polar surface area (TPSA) is 84.5 Å². The van der Waals surface area contributed by atoms with Gasteiger partial charge in [-0.2, -0.15) is 0 Å². The van der Waals surface area contributed by atoms with Crippen molar-refractivity contribution >= 4 is 21.6 Å². The number of methoxy groups -OCH3 is 1. The van der Waals surface area contributed by atoms with Crippen LogP contribution in [0.15, 0.2) is 53.4 Å². The van der Waals surface area contributed by atoms with Gasteiger partial charge in [0.05, 0.1) is 11.5 Å². The molecule has 0 aliphatic carbocycles. The number of rotatable bonds is 7. The van der Waals surface area contributed by atoms with Crippen LogP contribution in [0.2, 0.25) is 0 Å². The Morgan fingerprint density at radius 1 is 1.16 bits per heavy atom. The monoisotopic (exact) mass is 362 g/mol. The Kier molecular flexibility index (Phi) is 6.30. The Bertz CT molecular complexity index is 835. The Morgan fingerprint density at radius 2 is 1.84 bits per heavy atom. The van der Waals surface area contributed by atoms with Crippen molar-refractivity contribution in [3.8, 4) is 0 Å². The van der Waals surface area contributed by atoms with E-state index in [4.69, 9.17) is 4.74 Å². The van der Waals surface area contributed by atoms with E-state index < -0.39 is 10.0 Å². The number of hydrogen-bond acceptors (Lipinski definition) is 4. The Balaban J connectivity index is 2.16. The van der Waals surface area contributed by atoms with Gasteiger partial charge >= 0.3 is 0 Å². The molecule has 134 valence electrons. The Labute approximate surface area is 148 Å². The van der Waals surface area contributed by atoms with Crippen LogP contribution in [0.25, 0.3) is 0 Å². The third-order valence-corrected chi connectivity index (χ3v) is 5.15. The average Bonchev–Trinajstić information content (AvgIpc) is 2.57. The third-order valence-electron chi connectivity index (χ3n) is 3.57. The normalized spacial score (nSPS) is 12.6. The fraction of sp³-hybridized carbons (Fsp3) is 0.278. The molecule has 1 atom stereocenters. The molecule has 0 spiro atoms. The quantitative estimate of drug-likeness (QED) is 0.793. The van der Waals surface area contributed by atoms with Crippen LogP contribution in [-0.4, -0.2) is 34.1 Å². The second kappa shape index (κ2) is 8.24. The highest BCUT2D eigenvalue weighted by atomic mass is 32.2. The van der Waals surface area contributed by atoms with E-state index in [1.54, 1.807) is 44.2 Å². The molecule has 0 aliphatic heterocycles. The summed E-state index contributed by atoms with van der Waals surface area (Å²) in [4.78, 5) is 12.4. The minimum Gasteiger partial charge on any atom is -0.383 e. The summed E-state index contributed by atoms with van der Waals surface area (Å²) in [7, 11) is -2.13. The van der Waals surface area contributed by atoms with E-state index in [1.165, 1.54) is 19.2 Å². The van der Waals surface area contributed by atoms with Gasteiger partial charge in [0.25, 0.3) is 5.91 Å². The molecule has 0 heterocycles. The minimum atomic E-state index is -3.64. The zero-order valence-electron chi connectivity index (χ0n) is 14.4. The molecule has 25 heavy (non-hydrogen) atoms. The Morgan fingerprint density at radius 3 is 2.44 bits per heavy atom. The largest absolute Gasteiger partial charge is 0.383 e. The summed E-state index contributed by atoms with van der Waals surface area (Å²) in [5.74, 6) is -0.244. The zero-order valence-corrected chi connectivity index (χ0v) is 15.3. The van der Waals surface area contributed by atoms with Crippen LogP contribution in [-0.2, 0) is 14.8 Å². The molecule has 0 radical (unpaired) electrons. The molecule has 0 aliphatic rings. The lowest BCUT2D eigenvalue weighted by Crippen LogP contribution is -2.35. The van der Waals surface area contributed by atoms with E-state index in [2.05, 4.69) is 10.0 Å². The average molecular weight is 362 g/mol. The number of anilines is 1. The lowest BCUT2D eigenvalue weighted by Gasteiger charge is -2.15. The van der Waals surface area contributed by atoms with E-state index in [-0.39, 0.29) is 23.5 Å². The molecule has 0 aromatic heterocycles. The highest BCUT2D eigenvalue weighted by Gasteiger charge is 2.18. The number of carbonyl (C=O) groups excluding carboxylic acids is 1. The summed E-state index contributed by atoms with van der Waals surface area (Å²) in [5, 5.41) is 2.79. The SMILES string of the molecule is COC[C@@H](C)NS(=O)(=O)c1ccc(NC(=O)c2ccccc2)c(C)c1. The number of ether oxygens (including phenoxy) is 1. The maximum absolute atomic E-state index is 12.4. The van der Waals surface area contributed by atoms with Gasteiger partial charge in [0.1, 0.15) is 0 Å². The van der Waals surface area contributed by atoms with Crippen LogP contribution in [0.3, 0.4) is 0 Å². The number of carbonyl (C=O) groups is 1. The molecule has 1 amide bonds. The third kappa shape index (κ3) is 5.12. The van der Waals surface area contributed by atoms with Crippen molar-refractivity contribution in [1.29, 1.82) is 0 Å². The number of hydrogen-bond donors (Lipinski definition) is 2. The van der Waals surface area contributed by atoms with Crippen molar-refractivity contribution in [3.63, 3.8) is 0 Å². The van der Waals surface area contributed by atoms with Gasteiger partial charge in [0.2, 0.25) is 10.0 Å².